The number of unbranched alkanes of at least 4 members (excludes halogenated alkanes) is 2. The molecular formula is C17H25ClN2O5S2. The van der Waals surface area contributed by atoms with E-state index in [2.05, 4.69) is 0 Å². The normalized spacial score (nSPS) is 16.4. The first-order chi connectivity index (χ1) is 12.7. The van der Waals surface area contributed by atoms with Crippen molar-refractivity contribution in [2.45, 2.75) is 31.1 Å². The van der Waals surface area contributed by atoms with Crippen LogP contribution in [-0.2, 0) is 24.7 Å². The third-order valence-corrected chi connectivity index (χ3v) is 8.15. The van der Waals surface area contributed by atoms with Crippen molar-refractivity contribution in [2.24, 2.45) is 0 Å². The van der Waals surface area contributed by atoms with Crippen LogP contribution in [0.5, 0.6) is 0 Å². The largest absolute Gasteiger partial charge is 0.339 e. The van der Waals surface area contributed by atoms with Gasteiger partial charge in [0, 0.05) is 31.2 Å². The summed E-state index contributed by atoms with van der Waals surface area (Å²) in [5.74, 6) is -0.973. The molecule has 1 aromatic carbocycles. The van der Waals surface area contributed by atoms with Gasteiger partial charge in [-0.1, -0.05) is 37.4 Å². The van der Waals surface area contributed by atoms with Gasteiger partial charge in [0.25, 0.3) is 0 Å². The Hall–Kier alpha value is -1.16. The zero-order valence-corrected chi connectivity index (χ0v) is 17.7. The lowest BCUT2D eigenvalue weighted by Crippen LogP contribution is -2.51. The molecule has 1 saturated heterocycles. The third kappa shape index (κ3) is 6.17. The van der Waals surface area contributed by atoms with E-state index in [9.17, 15) is 21.6 Å². The second kappa shape index (κ2) is 9.36. The highest BCUT2D eigenvalue weighted by Crippen LogP contribution is 2.21. The van der Waals surface area contributed by atoms with E-state index in [0.29, 0.717) is 11.4 Å². The average molecular weight is 437 g/mol. The van der Waals surface area contributed by atoms with Crippen LogP contribution in [0.2, 0.25) is 5.02 Å². The maximum absolute atomic E-state index is 12.7. The number of amides is 1. The SMILES string of the molecule is CCCCCS(=O)(=O)CC(=O)N1CCN(S(=O)(=O)c2cccc(Cl)c2)CC1. The molecule has 0 radical (unpaired) electrons. The van der Waals surface area contributed by atoms with Crippen molar-refractivity contribution in [3.63, 3.8) is 0 Å². The molecule has 1 heterocycles. The fourth-order valence-corrected chi connectivity index (χ4v) is 5.95. The number of benzene rings is 1. The molecule has 0 unspecified atom stereocenters. The van der Waals surface area contributed by atoms with E-state index in [1.165, 1.54) is 21.3 Å². The number of nitrogens with zero attached hydrogens (tertiary/aromatic N) is 2. The maximum atomic E-state index is 12.7. The van der Waals surface area contributed by atoms with Crippen molar-refractivity contribution >= 4 is 37.4 Å². The smallest absolute Gasteiger partial charge is 0.243 e. The lowest BCUT2D eigenvalue weighted by atomic mass is 10.3. The summed E-state index contributed by atoms with van der Waals surface area (Å²) >= 11 is 5.87. The van der Waals surface area contributed by atoms with E-state index in [4.69, 9.17) is 11.6 Å². The summed E-state index contributed by atoms with van der Waals surface area (Å²) in [7, 11) is -7.12. The Balaban J connectivity index is 1.93. The topological polar surface area (TPSA) is 91.8 Å². The first-order valence-electron chi connectivity index (χ1n) is 8.89. The Morgan fingerprint density at radius 3 is 2.33 bits per heavy atom. The number of carbonyl (C=O) groups excluding carboxylic acids is 1. The van der Waals surface area contributed by atoms with Crippen LogP contribution in [0.1, 0.15) is 26.2 Å². The van der Waals surface area contributed by atoms with Crippen molar-refractivity contribution in [1.82, 2.24) is 9.21 Å². The number of piperazine rings is 1. The number of halogens is 1. The zero-order chi connectivity index (χ0) is 20.1. The van der Waals surface area contributed by atoms with Gasteiger partial charge in [0.05, 0.1) is 10.6 Å². The highest BCUT2D eigenvalue weighted by Gasteiger charge is 2.31. The molecule has 0 aliphatic carbocycles. The van der Waals surface area contributed by atoms with Crippen LogP contribution < -0.4 is 0 Å². The number of rotatable bonds is 8. The van der Waals surface area contributed by atoms with Gasteiger partial charge in [-0.25, -0.2) is 16.8 Å². The average Bonchev–Trinajstić information content (AvgIpc) is 2.61. The van der Waals surface area contributed by atoms with Crippen molar-refractivity contribution < 1.29 is 21.6 Å². The minimum atomic E-state index is -3.69. The van der Waals surface area contributed by atoms with Gasteiger partial charge in [0.2, 0.25) is 15.9 Å². The molecule has 1 amide bonds. The quantitative estimate of drug-likeness (QED) is 0.579. The molecule has 1 aliphatic rings. The maximum Gasteiger partial charge on any atom is 0.243 e. The van der Waals surface area contributed by atoms with Crippen molar-refractivity contribution in [3.05, 3.63) is 29.3 Å². The Morgan fingerprint density at radius 2 is 1.74 bits per heavy atom. The van der Waals surface area contributed by atoms with Crippen molar-refractivity contribution in [2.75, 3.05) is 37.7 Å². The summed E-state index contributed by atoms with van der Waals surface area (Å²) in [6.45, 7) is 2.56. The Bertz CT molecular complexity index is 863. The molecule has 0 aromatic heterocycles. The monoisotopic (exact) mass is 436 g/mol. The van der Waals surface area contributed by atoms with Gasteiger partial charge in [-0.15, -0.1) is 0 Å². The van der Waals surface area contributed by atoms with Crippen LogP contribution in [0.4, 0.5) is 0 Å². The highest BCUT2D eigenvalue weighted by atomic mass is 35.5. The number of hydrogen-bond acceptors (Lipinski definition) is 5. The lowest BCUT2D eigenvalue weighted by Gasteiger charge is -2.34. The van der Waals surface area contributed by atoms with E-state index >= 15 is 0 Å². The summed E-state index contributed by atoms with van der Waals surface area (Å²) in [5, 5.41) is 0.332. The zero-order valence-electron chi connectivity index (χ0n) is 15.3. The predicted octanol–water partition coefficient (Wildman–Crippen LogP) is 1.78. The van der Waals surface area contributed by atoms with Gasteiger partial charge in [0.1, 0.15) is 5.75 Å². The Morgan fingerprint density at radius 1 is 1.07 bits per heavy atom. The van der Waals surface area contributed by atoms with Crippen molar-refractivity contribution in [3.8, 4) is 0 Å². The summed E-state index contributed by atoms with van der Waals surface area (Å²) in [5.41, 5.74) is 0. The first kappa shape index (κ1) is 22.1. The van der Waals surface area contributed by atoms with Gasteiger partial charge < -0.3 is 4.90 Å². The molecule has 1 aromatic rings. The van der Waals surface area contributed by atoms with Crippen LogP contribution in [-0.4, -0.2) is 69.6 Å². The number of carbonyl (C=O) groups is 1. The van der Waals surface area contributed by atoms with Gasteiger partial charge >= 0.3 is 0 Å². The highest BCUT2D eigenvalue weighted by molar-refractivity contribution is 7.92. The van der Waals surface area contributed by atoms with Gasteiger partial charge in [-0.05, 0) is 24.6 Å². The molecule has 27 heavy (non-hydrogen) atoms. The van der Waals surface area contributed by atoms with E-state index in [-0.39, 0.29) is 36.8 Å². The van der Waals surface area contributed by atoms with Crippen LogP contribution >= 0.6 is 11.6 Å². The first-order valence-corrected chi connectivity index (χ1v) is 12.5. The van der Waals surface area contributed by atoms with E-state index in [1.807, 2.05) is 6.92 Å². The molecular weight excluding hydrogens is 412 g/mol. The van der Waals surface area contributed by atoms with E-state index in [0.717, 1.165) is 12.8 Å². The number of sulfone groups is 1. The van der Waals surface area contributed by atoms with E-state index in [1.54, 1.807) is 12.1 Å². The second-order valence-corrected chi connectivity index (χ2v) is 11.1. The molecule has 0 spiro atoms. The fourth-order valence-electron chi connectivity index (χ4n) is 2.88. The molecule has 0 N–H and O–H groups in total. The number of hydrogen-bond donors (Lipinski definition) is 0. The third-order valence-electron chi connectivity index (χ3n) is 4.43. The summed E-state index contributed by atoms with van der Waals surface area (Å²) in [4.78, 5) is 13.8. The summed E-state index contributed by atoms with van der Waals surface area (Å²) in [6.07, 6.45) is 2.28. The summed E-state index contributed by atoms with van der Waals surface area (Å²) < 4.78 is 50.7. The Kier molecular flexibility index (Phi) is 7.67. The molecule has 1 aliphatic heterocycles. The van der Waals surface area contributed by atoms with E-state index < -0.39 is 31.5 Å². The lowest BCUT2D eigenvalue weighted by molar-refractivity contribution is -0.129. The number of sulfonamides is 1. The summed E-state index contributed by atoms with van der Waals surface area (Å²) in [6, 6.07) is 6.02. The Labute approximate surface area is 166 Å². The molecule has 0 saturated carbocycles. The van der Waals surface area contributed by atoms with Gasteiger partial charge in [-0.2, -0.15) is 4.31 Å². The molecule has 0 bridgehead atoms. The molecule has 0 atom stereocenters. The van der Waals surface area contributed by atoms with Gasteiger partial charge in [0.15, 0.2) is 9.84 Å². The molecule has 10 heteroatoms. The van der Waals surface area contributed by atoms with Crippen LogP contribution in [0, 0.1) is 0 Å². The van der Waals surface area contributed by atoms with Crippen LogP contribution in [0.25, 0.3) is 0 Å². The second-order valence-electron chi connectivity index (χ2n) is 6.54. The van der Waals surface area contributed by atoms with Crippen LogP contribution in [0.15, 0.2) is 29.2 Å². The van der Waals surface area contributed by atoms with Gasteiger partial charge in [-0.3, -0.25) is 4.79 Å². The molecule has 152 valence electrons. The predicted molar refractivity (Wildman–Crippen MR) is 105 cm³/mol. The minimum absolute atomic E-state index is 0.00961. The minimum Gasteiger partial charge on any atom is -0.339 e. The fraction of sp³-hybridized carbons (Fsp3) is 0.588. The molecule has 7 nitrogen and oxygen atoms in total. The molecule has 1 fully saturated rings. The van der Waals surface area contributed by atoms with Crippen LogP contribution in [0.3, 0.4) is 0 Å². The van der Waals surface area contributed by atoms with Crippen molar-refractivity contribution in [1.29, 1.82) is 0 Å². The standard InChI is InChI=1S/C17H25ClN2O5S2/c1-2-3-4-12-26(22,23)14-17(21)19-8-10-20(11-9-19)27(24,25)16-7-5-6-15(18)13-16/h5-7,13H,2-4,8-12,14H2,1H3. The molecule has 2 rings (SSSR count).